The normalized spacial score (nSPS) is 19.8. The van der Waals surface area contributed by atoms with Gasteiger partial charge in [0.15, 0.2) is 12.1 Å². The van der Waals surface area contributed by atoms with Gasteiger partial charge >= 0.3 is 0 Å². The smallest absolute Gasteiger partial charge is 0.157 e. The zero-order valence-electron chi connectivity index (χ0n) is 17.5. The van der Waals surface area contributed by atoms with Crippen molar-refractivity contribution in [2.45, 2.75) is 18.9 Å². The summed E-state index contributed by atoms with van der Waals surface area (Å²) in [5, 5.41) is 7.52. The maximum absolute atomic E-state index is 13.9. The highest BCUT2D eigenvalue weighted by Gasteiger charge is 2.35. The van der Waals surface area contributed by atoms with Crippen molar-refractivity contribution in [3.8, 4) is 5.69 Å². The standard InChI is InChI=1S/C22H21ClFN9/c23-12-4-5-16-17(6-12)29-18(28-16)8-26-20-19-21(31-22(30-20)32-9-14(25)10-32)33(11-27-19)15-3-1-2-13(24)7-15/h1-7,11,14,22,31H,8-10,25H2,(H,26,30)(H,28,29). The minimum Gasteiger partial charge on any atom is -0.340 e. The average Bonchev–Trinajstić information content (AvgIpc) is 3.38. The number of benzene rings is 2. The first-order valence-electron chi connectivity index (χ1n) is 10.6. The van der Waals surface area contributed by atoms with E-state index in [1.807, 2.05) is 28.8 Å². The van der Waals surface area contributed by atoms with E-state index in [2.05, 4.69) is 30.5 Å². The number of nitrogens with one attached hydrogen (secondary N) is 3. The van der Waals surface area contributed by atoms with Crippen molar-refractivity contribution in [1.82, 2.24) is 29.7 Å². The first-order valence-corrected chi connectivity index (χ1v) is 11.0. The Labute approximate surface area is 193 Å². The molecule has 2 aliphatic heterocycles. The molecular weight excluding hydrogens is 445 g/mol. The maximum Gasteiger partial charge on any atom is 0.157 e. The van der Waals surface area contributed by atoms with Crippen LogP contribution in [0.4, 0.5) is 10.2 Å². The topological polar surface area (TPSA) is 112 Å². The van der Waals surface area contributed by atoms with E-state index in [0.29, 0.717) is 34.6 Å². The number of anilines is 1. The number of rotatable bonds is 4. The molecule has 0 aliphatic carbocycles. The molecule has 1 atom stereocenters. The van der Waals surface area contributed by atoms with E-state index in [0.717, 1.165) is 29.9 Å². The van der Waals surface area contributed by atoms with Crippen LogP contribution in [0.2, 0.25) is 5.02 Å². The van der Waals surface area contributed by atoms with Gasteiger partial charge in [0.25, 0.3) is 0 Å². The maximum atomic E-state index is 13.9. The van der Waals surface area contributed by atoms with E-state index in [-0.39, 0.29) is 18.1 Å². The highest BCUT2D eigenvalue weighted by molar-refractivity contribution is 6.31. The number of hydrogen-bond acceptors (Lipinski definition) is 6. The minimum atomic E-state index is -0.312. The van der Waals surface area contributed by atoms with E-state index >= 15 is 0 Å². The lowest BCUT2D eigenvalue weighted by atomic mass is 10.1. The Balaban J connectivity index is 1.35. The van der Waals surface area contributed by atoms with Gasteiger partial charge < -0.3 is 21.4 Å². The van der Waals surface area contributed by atoms with Gasteiger partial charge in [0, 0.05) is 24.2 Å². The lowest BCUT2D eigenvalue weighted by Gasteiger charge is -2.44. The Morgan fingerprint density at radius 1 is 1.18 bits per heavy atom. The molecular formula is C22H21ClFN9. The van der Waals surface area contributed by atoms with E-state index in [4.69, 9.17) is 22.3 Å². The molecule has 33 heavy (non-hydrogen) atoms. The molecule has 168 valence electrons. The summed E-state index contributed by atoms with van der Waals surface area (Å²) >= 11 is 6.08. The number of imidazole rings is 2. The zero-order valence-corrected chi connectivity index (χ0v) is 18.2. The fourth-order valence-electron chi connectivity index (χ4n) is 4.17. The molecule has 2 aromatic carbocycles. The Bertz CT molecular complexity index is 1370. The molecule has 9 nitrogen and oxygen atoms in total. The first-order chi connectivity index (χ1) is 16.0. The second-order valence-corrected chi connectivity index (χ2v) is 8.64. The van der Waals surface area contributed by atoms with Crippen molar-refractivity contribution in [2.24, 2.45) is 10.7 Å². The number of aromatic nitrogens is 4. The third-order valence-electron chi connectivity index (χ3n) is 5.81. The largest absolute Gasteiger partial charge is 0.340 e. The van der Waals surface area contributed by atoms with Crippen LogP contribution in [-0.2, 0) is 6.54 Å². The van der Waals surface area contributed by atoms with E-state index in [1.165, 1.54) is 12.1 Å². The van der Waals surface area contributed by atoms with E-state index < -0.39 is 0 Å². The van der Waals surface area contributed by atoms with Crippen molar-refractivity contribution in [2.75, 3.05) is 18.4 Å². The van der Waals surface area contributed by atoms with Crippen LogP contribution in [0.1, 0.15) is 11.5 Å². The summed E-state index contributed by atoms with van der Waals surface area (Å²) < 4.78 is 15.7. The van der Waals surface area contributed by atoms with Gasteiger partial charge in [0.1, 0.15) is 29.5 Å². The summed E-state index contributed by atoms with van der Waals surface area (Å²) in [6.07, 6.45) is 1.45. The molecule has 4 aromatic rings. The van der Waals surface area contributed by atoms with Gasteiger partial charge in [0.05, 0.1) is 23.3 Å². The number of H-pyrrole nitrogens is 1. The highest BCUT2D eigenvalue weighted by Crippen LogP contribution is 2.26. The Kier molecular flexibility index (Phi) is 4.79. The van der Waals surface area contributed by atoms with Crippen molar-refractivity contribution in [3.63, 3.8) is 0 Å². The van der Waals surface area contributed by atoms with Crippen molar-refractivity contribution in [3.05, 3.63) is 71.2 Å². The zero-order chi connectivity index (χ0) is 22.5. The number of aliphatic imine (C=N–C) groups is 1. The molecule has 4 heterocycles. The fraction of sp³-hybridized carbons (Fsp3) is 0.227. The van der Waals surface area contributed by atoms with Gasteiger partial charge in [-0.05, 0) is 36.4 Å². The van der Waals surface area contributed by atoms with Gasteiger partial charge in [-0.1, -0.05) is 17.7 Å². The molecule has 0 radical (unpaired) electrons. The molecule has 1 fully saturated rings. The highest BCUT2D eigenvalue weighted by atomic mass is 35.5. The predicted octanol–water partition coefficient (Wildman–Crippen LogP) is 2.43. The van der Waals surface area contributed by atoms with Crippen LogP contribution in [-0.4, -0.2) is 55.7 Å². The minimum absolute atomic E-state index is 0.144. The number of aromatic amines is 1. The van der Waals surface area contributed by atoms with Gasteiger partial charge in [0.2, 0.25) is 0 Å². The lowest BCUT2D eigenvalue weighted by Crippen LogP contribution is -2.67. The molecule has 1 saturated heterocycles. The lowest BCUT2D eigenvalue weighted by molar-refractivity contribution is 0.0987. The van der Waals surface area contributed by atoms with Crippen LogP contribution in [0, 0.1) is 5.82 Å². The number of nitrogens with two attached hydrogens (primary N) is 1. The van der Waals surface area contributed by atoms with Crippen LogP contribution in [0.25, 0.3) is 16.7 Å². The fourth-order valence-corrected chi connectivity index (χ4v) is 4.34. The molecule has 2 aromatic heterocycles. The molecule has 0 saturated carbocycles. The Hall–Kier alpha value is -3.47. The van der Waals surface area contributed by atoms with Crippen LogP contribution in [0.15, 0.2) is 53.8 Å². The summed E-state index contributed by atoms with van der Waals surface area (Å²) in [6, 6.07) is 12.1. The predicted molar refractivity (Wildman–Crippen MR) is 125 cm³/mol. The summed E-state index contributed by atoms with van der Waals surface area (Å²) in [5.41, 5.74) is 9.01. The van der Waals surface area contributed by atoms with Crippen molar-refractivity contribution >= 4 is 34.3 Å². The molecule has 0 amide bonds. The molecule has 5 N–H and O–H groups in total. The number of likely N-dealkylation sites (tertiary alicyclic amines) is 1. The van der Waals surface area contributed by atoms with E-state index in [9.17, 15) is 4.39 Å². The Morgan fingerprint density at radius 2 is 2.06 bits per heavy atom. The van der Waals surface area contributed by atoms with Gasteiger partial charge in [-0.25, -0.2) is 14.4 Å². The summed E-state index contributed by atoms with van der Waals surface area (Å²) in [4.78, 5) is 19.4. The molecule has 1 unspecified atom stereocenters. The third-order valence-corrected chi connectivity index (χ3v) is 6.04. The Morgan fingerprint density at radius 3 is 2.88 bits per heavy atom. The SMILES string of the molecule is NC1CN(C2NC(=NCc3nc4ccc(Cl)cc4[nH]3)c3ncn(-c4cccc(F)c4)c3N2)C1. The number of hydrogen-bond donors (Lipinski definition) is 4. The van der Waals surface area contributed by atoms with Crippen LogP contribution >= 0.6 is 11.6 Å². The van der Waals surface area contributed by atoms with Crippen LogP contribution in [0.3, 0.4) is 0 Å². The molecule has 6 rings (SSSR count). The number of amidine groups is 1. The number of nitrogens with zero attached hydrogens (tertiary/aromatic N) is 5. The van der Waals surface area contributed by atoms with Crippen molar-refractivity contribution < 1.29 is 4.39 Å². The van der Waals surface area contributed by atoms with E-state index in [1.54, 1.807) is 12.4 Å². The monoisotopic (exact) mass is 465 g/mol. The average molecular weight is 466 g/mol. The molecule has 0 spiro atoms. The molecule has 11 heteroatoms. The second-order valence-electron chi connectivity index (χ2n) is 8.21. The quantitative estimate of drug-likeness (QED) is 0.368. The number of fused-ring (bicyclic) bond motifs is 2. The van der Waals surface area contributed by atoms with Crippen LogP contribution < -0.4 is 16.4 Å². The van der Waals surface area contributed by atoms with Crippen molar-refractivity contribution in [1.29, 1.82) is 0 Å². The molecule has 2 aliphatic rings. The number of halogens is 2. The van der Waals surface area contributed by atoms with Gasteiger partial charge in [-0.3, -0.25) is 14.5 Å². The summed E-state index contributed by atoms with van der Waals surface area (Å²) in [5.74, 6) is 1.77. The van der Waals surface area contributed by atoms with Gasteiger partial charge in [-0.2, -0.15) is 0 Å². The first kappa shape index (κ1) is 20.2. The van der Waals surface area contributed by atoms with Gasteiger partial charge in [-0.15, -0.1) is 0 Å². The summed E-state index contributed by atoms with van der Waals surface area (Å²) in [6.45, 7) is 1.84. The molecule has 0 bridgehead atoms. The van der Waals surface area contributed by atoms with Crippen LogP contribution in [0.5, 0.6) is 0 Å². The summed E-state index contributed by atoms with van der Waals surface area (Å²) in [7, 11) is 0. The second kappa shape index (κ2) is 7.84. The third kappa shape index (κ3) is 3.71.